The van der Waals surface area contributed by atoms with Crippen molar-refractivity contribution < 1.29 is 4.79 Å². The molecule has 0 saturated carbocycles. The highest BCUT2D eigenvalue weighted by Crippen LogP contribution is 2.24. The Bertz CT molecular complexity index is 1230. The Balaban J connectivity index is 2.00. The van der Waals surface area contributed by atoms with Gasteiger partial charge in [0.05, 0.1) is 17.3 Å². The fourth-order valence-corrected chi connectivity index (χ4v) is 2.76. The van der Waals surface area contributed by atoms with Crippen molar-refractivity contribution >= 4 is 23.4 Å². The predicted molar refractivity (Wildman–Crippen MR) is 99.0 cm³/mol. The molecule has 4 rings (SSSR count). The molecule has 8 heteroatoms. The fraction of sp³-hybridized carbons (Fsp3) is 0. The number of nitriles is 1. The molecule has 129 valence electrons. The molecule has 2 N–H and O–H groups in total. The summed E-state index contributed by atoms with van der Waals surface area (Å²) < 4.78 is 1.40. The van der Waals surface area contributed by atoms with Gasteiger partial charge in [-0.2, -0.15) is 5.26 Å². The Labute approximate surface area is 152 Å². The molecular weight excluding hydrogens is 344 g/mol. The van der Waals surface area contributed by atoms with E-state index < -0.39 is 5.69 Å². The second kappa shape index (κ2) is 6.57. The van der Waals surface area contributed by atoms with Crippen molar-refractivity contribution in [3.63, 3.8) is 0 Å². The molecule has 0 unspecified atom stereocenters. The number of nitrogens with one attached hydrogen (secondary N) is 2. The predicted octanol–water partition coefficient (Wildman–Crippen LogP) is 2.13. The number of H-pyrrole nitrogens is 1. The Kier molecular flexibility index (Phi) is 3.95. The largest absolute Gasteiger partial charge is 0.332 e. The Morgan fingerprint density at radius 2 is 1.78 bits per heavy atom. The van der Waals surface area contributed by atoms with E-state index in [9.17, 15) is 9.59 Å². The van der Waals surface area contributed by atoms with Gasteiger partial charge >= 0.3 is 12.1 Å². The summed E-state index contributed by atoms with van der Waals surface area (Å²) in [5.74, 6) is 0.439. The number of hydrogen-bond acceptors (Lipinski definition) is 5. The lowest BCUT2D eigenvalue weighted by Crippen LogP contribution is -2.14. The number of imidazole rings is 1. The molecule has 2 aromatic carbocycles. The molecule has 27 heavy (non-hydrogen) atoms. The maximum Gasteiger partial charge on any atom is 0.332 e. The van der Waals surface area contributed by atoms with Gasteiger partial charge in [-0.1, -0.05) is 18.2 Å². The lowest BCUT2D eigenvalue weighted by molar-refractivity contribution is 0.561. The summed E-state index contributed by atoms with van der Waals surface area (Å²) in [5.41, 5.74) is 1.97. The first kappa shape index (κ1) is 16.2. The molecule has 0 aliphatic carbocycles. The topological polar surface area (TPSA) is 116 Å². The monoisotopic (exact) mass is 355 g/mol. The van der Waals surface area contributed by atoms with E-state index >= 15 is 0 Å². The first-order valence-corrected chi connectivity index (χ1v) is 7.93. The Morgan fingerprint density at radius 1 is 1.04 bits per heavy atom. The zero-order chi connectivity index (χ0) is 18.8. The van der Waals surface area contributed by atoms with Gasteiger partial charge in [0.2, 0.25) is 0 Å². The minimum absolute atomic E-state index is 0.140. The molecule has 0 saturated heterocycles. The molecule has 0 spiro atoms. The van der Waals surface area contributed by atoms with Crippen LogP contribution in [0.1, 0.15) is 5.56 Å². The molecule has 1 radical (unpaired) electrons. The Morgan fingerprint density at radius 3 is 2.44 bits per heavy atom. The van der Waals surface area contributed by atoms with Crippen LogP contribution in [0.2, 0.25) is 0 Å². The van der Waals surface area contributed by atoms with Crippen LogP contribution >= 0.6 is 0 Å². The van der Waals surface area contributed by atoms with Gasteiger partial charge < -0.3 is 10.3 Å². The summed E-state index contributed by atoms with van der Waals surface area (Å²) in [6, 6.07) is 17.7. The number of nitrogens with zero attached hydrogens (tertiary/aromatic N) is 4. The van der Waals surface area contributed by atoms with Crippen LogP contribution in [0.15, 0.2) is 59.4 Å². The SMILES string of the molecule is N#Cc1ccc(-c2nc(N[C]=O)c3[nH]c(=O)n(-c4ccccc4)c3n2)cc1. The van der Waals surface area contributed by atoms with E-state index in [1.807, 2.05) is 24.3 Å². The van der Waals surface area contributed by atoms with E-state index in [2.05, 4.69) is 20.3 Å². The highest BCUT2D eigenvalue weighted by molar-refractivity contribution is 5.90. The summed E-state index contributed by atoms with van der Waals surface area (Å²) in [6.07, 6.45) is 1.58. The third-order valence-electron chi connectivity index (χ3n) is 3.99. The minimum atomic E-state index is -0.406. The molecule has 4 aromatic rings. The second-order valence-corrected chi connectivity index (χ2v) is 5.61. The maximum absolute atomic E-state index is 12.5. The number of anilines is 1. The average molecular weight is 355 g/mol. The van der Waals surface area contributed by atoms with Crippen LogP contribution in [0.5, 0.6) is 0 Å². The number of benzene rings is 2. The van der Waals surface area contributed by atoms with Gasteiger partial charge in [0, 0.05) is 5.56 Å². The molecule has 0 fully saturated rings. The molecule has 0 bridgehead atoms. The van der Waals surface area contributed by atoms with Crippen LogP contribution < -0.4 is 11.0 Å². The number of aromatic amines is 1. The third-order valence-corrected chi connectivity index (χ3v) is 3.99. The van der Waals surface area contributed by atoms with Crippen LogP contribution in [0.3, 0.4) is 0 Å². The van der Waals surface area contributed by atoms with E-state index in [-0.39, 0.29) is 5.82 Å². The van der Waals surface area contributed by atoms with Crippen molar-refractivity contribution in [2.45, 2.75) is 0 Å². The summed E-state index contributed by atoms with van der Waals surface area (Å²) in [5, 5.41) is 11.3. The number of aromatic nitrogens is 4. The first-order valence-electron chi connectivity index (χ1n) is 7.93. The number of amides is 1. The summed E-state index contributed by atoms with van der Waals surface area (Å²) in [6.45, 7) is 0. The van der Waals surface area contributed by atoms with Gasteiger partial charge in [-0.3, -0.25) is 4.79 Å². The average Bonchev–Trinajstić information content (AvgIpc) is 3.05. The number of hydrogen-bond donors (Lipinski definition) is 2. The molecule has 8 nitrogen and oxygen atoms in total. The van der Waals surface area contributed by atoms with Gasteiger partial charge in [0.1, 0.15) is 5.52 Å². The number of fused-ring (bicyclic) bond motifs is 1. The first-order chi connectivity index (χ1) is 13.2. The summed E-state index contributed by atoms with van der Waals surface area (Å²) >= 11 is 0. The van der Waals surface area contributed by atoms with E-state index in [4.69, 9.17) is 5.26 Å². The molecule has 0 atom stereocenters. The van der Waals surface area contributed by atoms with Gasteiger partial charge in [0.25, 0.3) is 0 Å². The van der Waals surface area contributed by atoms with Gasteiger partial charge in [-0.05, 0) is 36.4 Å². The van der Waals surface area contributed by atoms with Gasteiger partial charge in [0.15, 0.2) is 17.3 Å². The minimum Gasteiger partial charge on any atom is -0.301 e. The molecule has 1 amide bonds. The van der Waals surface area contributed by atoms with E-state index in [0.29, 0.717) is 33.8 Å². The molecule has 2 aromatic heterocycles. The van der Waals surface area contributed by atoms with Crippen molar-refractivity contribution in [2.75, 3.05) is 5.32 Å². The lowest BCUT2D eigenvalue weighted by atomic mass is 10.1. The third kappa shape index (κ3) is 2.83. The van der Waals surface area contributed by atoms with Crippen LogP contribution in [-0.2, 0) is 4.79 Å². The molecule has 2 heterocycles. The number of carbonyl (C=O) groups excluding carboxylic acids is 1. The van der Waals surface area contributed by atoms with Crippen LogP contribution in [0.25, 0.3) is 28.2 Å². The van der Waals surface area contributed by atoms with Crippen molar-refractivity contribution in [1.82, 2.24) is 19.5 Å². The van der Waals surface area contributed by atoms with Crippen molar-refractivity contribution in [3.05, 3.63) is 70.6 Å². The van der Waals surface area contributed by atoms with E-state index in [0.717, 1.165) is 0 Å². The molecule has 0 aliphatic rings. The quantitative estimate of drug-likeness (QED) is 0.544. The normalized spacial score (nSPS) is 10.5. The van der Waals surface area contributed by atoms with Crippen molar-refractivity contribution in [2.24, 2.45) is 0 Å². The van der Waals surface area contributed by atoms with Crippen LogP contribution in [0, 0.1) is 11.3 Å². The van der Waals surface area contributed by atoms with Crippen LogP contribution in [-0.4, -0.2) is 25.9 Å². The summed E-state index contributed by atoms with van der Waals surface area (Å²) in [4.78, 5) is 34.9. The zero-order valence-corrected chi connectivity index (χ0v) is 13.8. The van der Waals surface area contributed by atoms with Gasteiger partial charge in [-0.15, -0.1) is 0 Å². The highest BCUT2D eigenvalue weighted by Gasteiger charge is 2.17. The fourth-order valence-electron chi connectivity index (χ4n) is 2.76. The van der Waals surface area contributed by atoms with Crippen molar-refractivity contribution in [3.8, 4) is 23.1 Å². The Hall–Kier alpha value is -4.25. The highest BCUT2D eigenvalue weighted by atomic mass is 16.1. The number of rotatable bonds is 4. The summed E-state index contributed by atoms with van der Waals surface area (Å²) in [7, 11) is 0. The lowest BCUT2D eigenvalue weighted by Gasteiger charge is -2.07. The molecule has 0 aliphatic heterocycles. The molecular formula is C19H11N6O2. The second-order valence-electron chi connectivity index (χ2n) is 5.61. The zero-order valence-electron chi connectivity index (χ0n) is 13.8. The number of para-hydroxylation sites is 1. The van der Waals surface area contributed by atoms with E-state index in [1.165, 1.54) is 4.57 Å². The standard InChI is InChI=1S/C19H11N6O2/c20-10-12-6-8-13(9-7-12)16-23-17(21-11-26)15-18(24-16)25(19(27)22-15)14-4-2-1-3-5-14/h1-9H,(H,22,27)(H,21,23,24,26). The maximum atomic E-state index is 12.5. The van der Waals surface area contributed by atoms with Gasteiger partial charge in [-0.25, -0.2) is 19.3 Å². The van der Waals surface area contributed by atoms with E-state index in [1.54, 1.807) is 42.8 Å². The van der Waals surface area contributed by atoms with Crippen molar-refractivity contribution in [1.29, 1.82) is 5.26 Å². The van der Waals surface area contributed by atoms with Crippen LogP contribution in [0.4, 0.5) is 5.82 Å². The smallest absolute Gasteiger partial charge is 0.301 e.